The van der Waals surface area contributed by atoms with Crippen LogP contribution in [0.4, 0.5) is 0 Å². The van der Waals surface area contributed by atoms with E-state index in [1.807, 2.05) is 55.5 Å². The molecular weight excluding hydrogens is 410 g/mol. The molecule has 1 N–H and O–H groups in total. The predicted octanol–water partition coefficient (Wildman–Crippen LogP) is 3.95. The van der Waals surface area contributed by atoms with Gasteiger partial charge < -0.3 is 0 Å². The second-order valence-electron chi connectivity index (χ2n) is 7.56. The first-order valence-electron chi connectivity index (χ1n) is 9.92. The molecule has 0 aliphatic rings. The Morgan fingerprint density at radius 3 is 2.29 bits per heavy atom. The lowest BCUT2D eigenvalue weighted by Gasteiger charge is -2.17. The molecule has 0 unspecified atom stereocenters. The summed E-state index contributed by atoms with van der Waals surface area (Å²) in [5.41, 5.74) is 2.50. The van der Waals surface area contributed by atoms with Gasteiger partial charge >= 0.3 is 0 Å². The van der Waals surface area contributed by atoms with Crippen LogP contribution in [-0.4, -0.2) is 18.2 Å². The molecule has 0 aliphatic heterocycles. The smallest absolute Gasteiger partial charge is 0.267 e. The first-order chi connectivity index (χ1) is 14.8. The molecule has 1 atom stereocenters. The number of aromatic nitrogens is 2. The van der Waals surface area contributed by atoms with Gasteiger partial charge in [-0.15, -0.1) is 0 Å². The number of hydrogen-bond acceptors (Lipinski definition) is 4. The lowest BCUT2D eigenvalue weighted by Crippen LogP contribution is -2.27. The normalized spacial score (nSPS) is 12.7. The van der Waals surface area contributed by atoms with Gasteiger partial charge in [0.1, 0.15) is 0 Å². The maximum Gasteiger partial charge on any atom is 0.274 e. The second-order valence-corrected chi connectivity index (χ2v) is 9.24. The number of nitrogens with zero attached hydrogens (tertiary/aromatic N) is 2. The molecule has 6 nitrogen and oxygen atoms in total. The highest BCUT2D eigenvalue weighted by atomic mass is 32.2. The molecule has 31 heavy (non-hydrogen) atoms. The molecule has 7 heteroatoms. The standard InChI is InChI=1S/C24H23N3O3S/c1-16-13-14-19(23-20-11-7-8-12-21(20)24(28)27(3)25-23)15-22(16)31(29,30)26-17(2)18-9-5-4-6-10-18/h4-15,17,26H,1-3H3/t17-/m0/s1. The molecule has 0 amide bonds. The van der Waals surface area contributed by atoms with Crippen LogP contribution in [0.1, 0.15) is 24.1 Å². The number of aryl methyl sites for hydroxylation is 2. The van der Waals surface area contributed by atoms with Gasteiger partial charge in [-0.1, -0.05) is 60.7 Å². The highest BCUT2D eigenvalue weighted by Gasteiger charge is 2.22. The van der Waals surface area contributed by atoms with E-state index < -0.39 is 10.0 Å². The number of sulfonamides is 1. The first kappa shape index (κ1) is 21.0. The van der Waals surface area contributed by atoms with E-state index in [4.69, 9.17) is 0 Å². The van der Waals surface area contributed by atoms with Crippen molar-refractivity contribution in [2.45, 2.75) is 24.8 Å². The fourth-order valence-electron chi connectivity index (χ4n) is 3.66. The summed E-state index contributed by atoms with van der Waals surface area (Å²) in [4.78, 5) is 12.6. The minimum absolute atomic E-state index is 0.188. The van der Waals surface area contributed by atoms with Crippen LogP contribution in [0.2, 0.25) is 0 Å². The van der Waals surface area contributed by atoms with Crippen LogP contribution in [0.25, 0.3) is 22.0 Å². The second kappa shape index (κ2) is 8.09. The predicted molar refractivity (Wildman–Crippen MR) is 122 cm³/mol. The van der Waals surface area contributed by atoms with Crippen LogP contribution in [-0.2, 0) is 17.1 Å². The van der Waals surface area contributed by atoms with Crippen LogP contribution < -0.4 is 10.3 Å². The molecule has 0 fully saturated rings. The van der Waals surface area contributed by atoms with E-state index in [2.05, 4.69) is 9.82 Å². The van der Waals surface area contributed by atoms with Gasteiger partial charge in [-0.25, -0.2) is 17.8 Å². The van der Waals surface area contributed by atoms with Crippen LogP contribution >= 0.6 is 0 Å². The summed E-state index contributed by atoms with van der Waals surface area (Å²) in [5.74, 6) is 0. The molecule has 0 saturated carbocycles. The molecular formula is C24H23N3O3S. The Morgan fingerprint density at radius 1 is 0.935 bits per heavy atom. The Labute approximate surface area is 181 Å². The SMILES string of the molecule is Cc1ccc(-c2nn(C)c(=O)c3ccccc23)cc1S(=O)(=O)N[C@@H](C)c1ccccc1. The molecule has 158 valence electrons. The van der Waals surface area contributed by atoms with Crippen LogP contribution in [0.15, 0.2) is 82.5 Å². The van der Waals surface area contributed by atoms with E-state index in [9.17, 15) is 13.2 Å². The molecule has 0 radical (unpaired) electrons. The molecule has 0 saturated heterocycles. The van der Waals surface area contributed by atoms with Crippen LogP contribution in [0, 0.1) is 6.92 Å². The molecule has 4 aromatic rings. The number of rotatable bonds is 5. The zero-order chi connectivity index (χ0) is 22.2. The van der Waals surface area contributed by atoms with Crippen LogP contribution in [0.3, 0.4) is 0 Å². The van der Waals surface area contributed by atoms with Gasteiger partial charge in [0.05, 0.1) is 16.0 Å². The van der Waals surface area contributed by atoms with Crippen molar-refractivity contribution in [3.63, 3.8) is 0 Å². The van der Waals surface area contributed by atoms with Crippen molar-refractivity contribution in [2.75, 3.05) is 0 Å². The van der Waals surface area contributed by atoms with Crippen molar-refractivity contribution < 1.29 is 8.42 Å². The Kier molecular flexibility index (Phi) is 5.47. The van der Waals surface area contributed by atoms with Crippen molar-refractivity contribution in [3.8, 4) is 11.3 Å². The van der Waals surface area contributed by atoms with Gasteiger partial charge in [-0.05, 0) is 37.1 Å². The molecule has 4 rings (SSSR count). The number of benzene rings is 3. The molecule has 3 aromatic carbocycles. The highest BCUT2D eigenvalue weighted by molar-refractivity contribution is 7.89. The first-order valence-corrected chi connectivity index (χ1v) is 11.4. The lowest BCUT2D eigenvalue weighted by molar-refractivity contribution is 0.566. The van der Waals surface area contributed by atoms with Gasteiger partial charge in [-0.2, -0.15) is 5.10 Å². The van der Waals surface area contributed by atoms with E-state index in [-0.39, 0.29) is 16.5 Å². The zero-order valence-electron chi connectivity index (χ0n) is 17.5. The monoisotopic (exact) mass is 433 g/mol. The summed E-state index contributed by atoms with van der Waals surface area (Å²) < 4.78 is 30.5. The third kappa shape index (κ3) is 4.02. The fraction of sp³-hybridized carbons (Fsp3) is 0.167. The van der Waals surface area contributed by atoms with Gasteiger partial charge in [-0.3, -0.25) is 4.79 Å². The molecule has 0 aliphatic carbocycles. The Bertz CT molecular complexity index is 1430. The van der Waals surface area contributed by atoms with E-state index >= 15 is 0 Å². The average molecular weight is 434 g/mol. The summed E-state index contributed by atoms with van der Waals surface area (Å²) in [6.07, 6.45) is 0. The van der Waals surface area contributed by atoms with Gasteiger partial charge in [0.2, 0.25) is 10.0 Å². The van der Waals surface area contributed by atoms with Crippen molar-refractivity contribution in [3.05, 3.63) is 94.3 Å². The van der Waals surface area contributed by atoms with Crippen molar-refractivity contribution >= 4 is 20.8 Å². The van der Waals surface area contributed by atoms with Gasteiger partial charge in [0, 0.05) is 24.0 Å². The van der Waals surface area contributed by atoms with Crippen molar-refractivity contribution in [2.24, 2.45) is 7.05 Å². The Balaban J connectivity index is 1.81. The summed E-state index contributed by atoms with van der Waals surface area (Å²) in [6, 6.07) is 21.4. The summed E-state index contributed by atoms with van der Waals surface area (Å²) in [5, 5.41) is 5.64. The summed E-state index contributed by atoms with van der Waals surface area (Å²) >= 11 is 0. The topological polar surface area (TPSA) is 81.1 Å². The molecule has 1 aromatic heterocycles. The summed E-state index contributed by atoms with van der Waals surface area (Å²) in [6.45, 7) is 3.58. The third-order valence-electron chi connectivity index (χ3n) is 5.34. The van der Waals surface area contributed by atoms with E-state index in [1.54, 1.807) is 38.2 Å². The quantitative estimate of drug-likeness (QED) is 0.517. The number of nitrogens with one attached hydrogen (secondary N) is 1. The third-order valence-corrected chi connectivity index (χ3v) is 7.02. The Hall–Kier alpha value is -3.29. The fourth-order valence-corrected chi connectivity index (χ4v) is 5.16. The van der Waals surface area contributed by atoms with E-state index in [0.29, 0.717) is 27.6 Å². The van der Waals surface area contributed by atoms with Crippen molar-refractivity contribution in [1.82, 2.24) is 14.5 Å². The molecule has 1 heterocycles. The lowest BCUT2D eigenvalue weighted by atomic mass is 10.0. The molecule has 0 spiro atoms. The van der Waals surface area contributed by atoms with Gasteiger partial charge in [0.25, 0.3) is 5.56 Å². The largest absolute Gasteiger partial charge is 0.274 e. The maximum atomic E-state index is 13.2. The highest BCUT2D eigenvalue weighted by Crippen LogP contribution is 2.29. The van der Waals surface area contributed by atoms with E-state index in [0.717, 1.165) is 5.56 Å². The summed E-state index contributed by atoms with van der Waals surface area (Å²) in [7, 11) is -2.20. The maximum absolute atomic E-state index is 13.2. The van der Waals surface area contributed by atoms with Crippen LogP contribution in [0.5, 0.6) is 0 Å². The van der Waals surface area contributed by atoms with Crippen molar-refractivity contribution in [1.29, 1.82) is 0 Å². The minimum Gasteiger partial charge on any atom is -0.267 e. The Morgan fingerprint density at radius 2 is 1.58 bits per heavy atom. The number of fused-ring (bicyclic) bond motifs is 1. The number of hydrogen-bond donors (Lipinski definition) is 1. The minimum atomic E-state index is -3.79. The zero-order valence-corrected chi connectivity index (χ0v) is 18.3. The van der Waals surface area contributed by atoms with Gasteiger partial charge in [0.15, 0.2) is 0 Å². The van der Waals surface area contributed by atoms with E-state index in [1.165, 1.54) is 4.68 Å². The average Bonchev–Trinajstić information content (AvgIpc) is 2.77. The molecule has 0 bridgehead atoms.